The minimum Gasteiger partial charge on any atom is -0.397 e. The minimum atomic E-state index is -3.36. The molecule has 0 bridgehead atoms. The molecular formula is C10H15NO3S. The first-order valence-corrected chi connectivity index (χ1v) is 6.33. The van der Waals surface area contributed by atoms with Gasteiger partial charge in [0.15, 0.2) is 9.84 Å². The second-order valence-electron chi connectivity index (χ2n) is 3.38. The predicted molar refractivity (Wildman–Crippen MR) is 59.3 cm³/mol. The van der Waals surface area contributed by atoms with Gasteiger partial charge in [-0.1, -0.05) is 12.1 Å². The van der Waals surface area contributed by atoms with Crippen LogP contribution in [-0.4, -0.2) is 25.9 Å². The molecule has 84 valence electrons. The smallest absolute Gasteiger partial charge is 0.180 e. The van der Waals surface area contributed by atoms with E-state index in [1.54, 1.807) is 19.1 Å². The molecule has 15 heavy (non-hydrogen) atoms. The maximum atomic E-state index is 11.8. The van der Waals surface area contributed by atoms with Gasteiger partial charge in [-0.2, -0.15) is 0 Å². The number of aliphatic hydroxyl groups excluding tert-OH is 1. The minimum absolute atomic E-state index is 0.0723. The Hall–Kier alpha value is -1.07. The zero-order valence-electron chi connectivity index (χ0n) is 8.60. The topological polar surface area (TPSA) is 80.4 Å². The first kappa shape index (κ1) is 12.0. The lowest BCUT2D eigenvalue weighted by Crippen LogP contribution is -2.11. The van der Waals surface area contributed by atoms with Crippen LogP contribution in [0.4, 0.5) is 5.69 Å². The number of sulfone groups is 1. The first-order chi connectivity index (χ1) is 6.99. The molecular weight excluding hydrogens is 214 g/mol. The van der Waals surface area contributed by atoms with Crippen LogP contribution in [0.1, 0.15) is 12.0 Å². The van der Waals surface area contributed by atoms with Crippen molar-refractivity contribution in [3.05, 3.63) is 23.8 Å². The highest BCUT2D eigenvalue weighted by Gasteiger charge is 2.17. The van der Waals surface area contributed by atoms with Gasteiger partial charge in [0.05, 0.1) is 16.3 Å². The highest BCUT2D eigenvalue weighted by atomic mass is 32.2. The standard InChI is InChI=1S/C10H15NO3S/c1-8-4-2-5-9(10(8)11)15(13,14)7-3-6-12/h2,4-5,12H,3,6-7,11H2,1H3. The van der Waals surface area contributed by atoms with Gasteiger partial charge in [0.1, 0.15) is 0 Å². The van der Waals surface area contributed by atoms with Crippen molar-refractivity contribution < 1.29 is 13.5 Å². The maximum absolute atomic E-state index is 11.8. The number of nitrogen functional groups attached to an aromatic ring is 1. The lowest BCUT2D eigenvalue weighted by molar-refractivity contribution is 0.295. The zero-order chi connectivity index (χ0) is 11.5. The van der Waals surface area contributed by atoms with Crippen LogP contribution in [0.2, 0.25) is 0 Å². The molecule has 4 nitrogen and oxygen atoms in total. The number of aliphatic hydroxyl groups is 1. The third-order valence-corrected chi connectivity index (χ3v) is 4.04. The van der Waals surface area contributed by atoms with Crippen molar-refractivity contribution in [2.45, 2.75) is 18.2 Å². The summed E-state index contributed by atoms with van der Waals surface area (Å²) in [6, 6.07) is 4.92. The van der Waals surface area contributed by atoms with Crippen LogP contribution in [0.25, 0.3) is 0 Å². The Morgan fingerprint density at radius 1 is 1.40 bits per heavy atom. The van der Waals surface area contributed by atoms with Crippen LogP contribution in [0.15, 0.2) is 23.1 Å². The Kier molecular flexibility index (Phi) is 3.71. The lowest BCUT2D eigenvalue weighted by Gasteiger charge is -2.08. The third kappa shape index (κ3) is 2.70. The van der Waals surface area contributed by atoms with E-state index in [0.29, 0.717) is 5.69 Å². The summed E-state index contributed by atoms with van der Waals surface area (Å²) in [4.78, 5) is 0.163. The summed E-state index contributed by atoms with van der Waals surface area (Å²) in [7, 11) is -3.36. The monoisotopic (exact) mass is 229 g/mol. The van der Waals surface area contributed by atoms with Crippen LogP contribution in [-0.2, 0) is 9.84 Å². The van der Waals surface area contributed by atoms with E-state index in [-0.39, 0.29) is 23.7 Å². The molecule has 0 unspecified atom stereocenters. The van der Waals surface area contributed by atoms with Crippen molar-refractivity contribution in [2.75, 3.05) is 18.1 Å². The van der Waals surface area contributed by atoms with E-state index in [1.807, 2.05) is 0 Å². The molecule has 5 heteroatoms. The van der Waals surface area contributed by atoms with Gasteiger partial charge < -0.3 is 10.8 Å². The largest absolute Gasteiger partial charge is 0.397 e. The van der Waals surface area contributed by atoms with Gasteiger partial charge in [0.25, 0.3) is 0 Å². The molecule has 0 radical (unpaired) electrons. The Bertz CT molecular complexity index is 440. The SMILES string of the molecule is Cc1cccc(S(=O)(=O)CCCO)c1N. The Labute approximate surface area is 89.7 Å². The molecule has 0 saturated carbocycles. The number of rotatable bonds is 4. The normalized spacial score (nSPS) is 11.6. The van der Waals surface area contributed by atoms with Crippen molar-refractivity contribution in [3.63, 3.8) is 0 Å². The highest BCUT2D eigenvalue weighted by Crippen LogP contribution is 2.22. The molecule has 0 heterocycles. The summed E-state index contributed by atoms with van der Waals surface area (Å²) in [6.07, 6.45) is 0.232. The van der Waals surface area contributed by atoms with Gasteiger partial charge in [-0.05, 0) is 25.0 Å². The van der Waals surface area contributed by atoms with Crippen molar-refractivity contribution in [2.24, 2.45) is 0 Å². The van der Waals surface area contributed by atoms with Gasteiger partial charge in [-0.3, -0.25) is 0 Å². The predicted octanol–water partition coefficient (Wildman–Crippen LogP) is 0.733. The van der Waals surface area contributed by atoms with E-state index in [1.165, 1.54) is 6.07 Å². The molecule has 1 aromatic rings. The second-order valence-corrected chi connectivity index (χ2v) is 5.46. The number of hydrogen-bond donors (Lipinski definition) is 2. The molecule has 0 saturated heterocycles. The molecule has 1 aromatic carbocycles. The fourth-order valence-corrected chi connectivity index (χ4v) is 2.80. The van der Waals surface area contributed by atoms with Gasteiger partial charge in [0, 0.05) is 6.61 Å². The number of hydrogen-bond acceptors (Lipinski definition) is 4. The molecule has 0 aromatic heterocycles. The van der Waals surface area contributed by atoms with E-state index < -0.39 is 9.84 Å². The van der Waals surface area contributed by atoms with Gasteiger partial charge in [-0.15, -0.1) is 0 Å². The first-order valence-electron chi connectivity index (χ1n) is 4.68. The number of anilines is 1. The third-order valence-electron chi connectivity index (χ3n) is 2.19. The molecule has 0 amide bonds. The van der Waals surface area contributed by atoms with E-state index in [0.717, 1.165) is 5.56 Å². The fraction of sp³-hybridized carbons (Fsp3) is 0.400. The van der Waals surface area contributed by atoms with Crippen LogP contribution in [0.5, 0.6) is 0 Å². The van der Waals surface area contributed by atoms with Crippen LogP contribution in [0, 0.1) is 6.92 Å². The number of nitrogens with two attached hydrogens (primary N) is 1. The summed E-state index contributed by atoms with van der Waals surface area (Å²) in [6.45, 7) is 1.63. The van der Waals surface area contributed by atoms with Crippen LogP contribution >= 0.6 is 0 Å². The summed E-state index contributed by atoms with van der Waals surface area (Å²) in [5.74, 6) is -0.0723. The molecule has 1 rings (SSSR count). The summed E-state index contributed by atoms with van der Waals surface area (Å²) < 4.78 is 23.5. The van der Waals surface area contributed by atoms with Crippen LogP contribution < -0.4 is 5.73 Å². The molecule has 0 aliphatic heterocycles. The van der Waals surface area contributed by atoms with Gasteiger partial charge in [0.2, 0.25) is 0 Å². The molecule has 0 aliphatic rings. The number of para-hydroxylation sites is 1. The van der Waals surface area contributed by atoms with Crippen molar-refractivity contribution in [1.82, 2.24) is 0 Å². The Morgan fingerprint density at radius 2 is 2.07 bits per heavy atom. The number of aryl methyl sites for hydroxylation is 1. The molecule has 3 N–H and O–H groups in total. The molecule has 0 spiro atoms. The molecule has 0 fully saturated rings. The summed E-state index contributed by atoms with van der Waals surface area (Å²) >= 11 is 0. The Morgan fingerprint density at radius 3 is 2.67 bits per heavy atom. The van der Waals surface area contributed by atoms with Crippen molar-refractivity contribution in [1.29, 1.82) is 0 Å². The van der Waals surface area contributed by atoms with E-state index in [4.69, 9.17) is 10.8 Å². The maximum Gasteiger partial charge on any atom is 0.180 e. The van der Waals surface area contributed by atoms with Gasteiger partial charge in [-0.25, -0.2) is 8.42 Å². The molecule has 0 atom stereocenters. The van der Waals surface area contributed by atoms with Gasteiger partial charge >= 0.3 is 0 Å². The average Bonchev–Trinajstić information content (AvgIpc) is 2.19. The summed E-state index contributed by atoms with van der Waals surface area (Å²) in [5.41, 5.74) is 6.75. The van der Waals surface area contributed by atoms with Crippen LogP contribution in [0.3, 0.4) is 0 Å². The quantitative estimate of drug-likeness (QED) is 0.746. The fourth-order valence-electron chi connectivity index (χ4n) is 1.29. The van der Waals surface area contributed by atoms with E-state index in [9.17, 15) is 8.42 Å². The zero-order valence-corrected chi connectivity index (χ0v) is 9.42. The highest BCUT2D eigenvalue weighted by molar-refractivity contribution is 7.91. The summed E-state index contributed by atoms with van der Waals surface area (Å²) in [5, 5.41) is 8.60. The van der Waals surface area contributed by atoms with E-state index >= 15 is 0 Å². The van der Waals surface area contributed by atoms with Crippen molar-refractivity contribution in [3.8, 4) is 0 Å². The van der Waals surface area contributed by atoms with E-state index in [2.05, 4.69) is 0 Å². The average molecular weight is 229 g/mol. The lowest BCUT2D eigenvalue weighted by atomic mass is 10.2. The Balaban J connectivity index is 3.10. The molecule has 0 aliphatic carbocycles. The second kappa shape index (κ2) is 4.63. The number of benzene rings is 1. The van der Waals surface area contributed by atoms with Crippen molar-refractivity contribution >= 4 is 15.5 Å².